The molecule has 4 aliphatic rings. The van der Waals surface area contributed by atoms with Crippen molar-refractivity contribution in [3.05, 3.63) is 30.3 Å². The maximum absolute atomic E-state index is 14.0. The van der Waals surface area contributed by atoms with Gasteiger partial charge in [-0.3, -0.25) is 4.79 Å². The largest absolute Gasteiger partial charge is 0.339 e. The number of hydrogen-bond donors (Lipinski definition) is 0. The van der Waals surface area contributed by atoms with Crippen molar-refractivity contribution in [2.45, 2.75) is 114 Å². The smallest absolute Gasteiger partial charge is 0.250 e. The third-order valence-electron chi connectivity index (χ3n) is 9.02. The fourth-order valence-corrected chi connectivity index (χ4v) is 7.06. The van der Waals surface area contributed by atoms with Gasteiger partial charge in [-0.1, -0.05) is 76.0 Å². The molecule has 4 nitrogen and oxygen atoms in total. The second-order valence-electron chi connectivity index (χ2n) is 10.9. The van der Waals surface area contributed by atoms with E-state index in [1.54, 1.807) is 0 Å². The number of para-hydroxylation sites is 1. The standard InChI is InChI=1S/C28H43N3O/c32-27-28(19-21-29(22-20-28)24-13-7-4-2-1-3-5-8-14-24)31(26-17-9-6-10-18-26)23-30(27)25-15-11-12-16-25/h6,9-10,17-18,24-25H,1-5,7-8,11-16,19-23H2. The monoisotopic (exact) mass is 437 g/mol. The first kappa shape index (κ1) is 22.3. The molecule has 32 heavy (non-hydrogen) atoms. The van der Waals surface area contributed by atoms with Crippen molar-refractivity contribution >= 4 is 11.6 Å². The summed E-state index contributed by atoms with van der Waals surface area (Å²) in [6.07, 6.45) is 19.5. The maximum Gasteiger partial charge on any atom is 0.250 e. The summed E-state index contributed by atoms with van der Waals surface area (Å²) >= 11 is 0. The summed E-state index contributed by atoms with van der Waals surface area (Å²) in [6.45, 7) is 2.95. The molecule has 0 atom stereocenters. The molecule has 2 saturated heterocycles. The van der Waals surface area contributed by atoms with E-state index >= 15 is 0 Å². The van der Waals surface area contributed by atoms with Gasteiger partial charge in [0.05, 0.1) is 6.67 Å². The highest BCUT2D eigenvalue weighted by Gasteiger charge is 2.55. The normalized spacial score (nSPS) is 26.8. The Hall–Kier alpha value is -1.55. The van der Waals surface area contributed by atoms with Gasteiger partial charge in [-0.15, -0.1) is 0 Å². The van der Waals surface area contributed by atoms with Gasteiger partial charge >= 0.3 is 0 Å². The van der Waals surface area contributed by atoms with Gasteiger partial charge < -0.3 is 14.7 Å². The Kier molecular flexibility index (Phi) is 7.06. The molecule has 2 aliphatic heterocycles. The quantitative estimate of drug-likeness (QED) is 0.583. The highest BCUT2D eigenvalue weighted by Crippen LogP contribution is 2.42. The lowest BCUT2D eigenvalue weighted by Gasteiger charge is -2.45. The van der Waals surface area contributed by atoms with Crippen LogP contribution in [-0.2, 0) is 4.79 Å². The molecule has 0 aromatic heterocycles. The van der Waals surface area contributed by atoms with Gasteiger partial charge in [0, 0.05) is 30.9 Å². The summed E-state index contributed by atoms with van der Waals surface area (Å²) in [5.74, 6) is 0.429. The summed E-state index contributed by atoms with van der Waals surface area (Å²) in [5, 5.41) is 0. The van der Waals surface area contributed by atoms with E-state index in [-0.39, 0.29) is 5.54 Å². The number of piperidine rings is 1. The van der Waals surface area contributed by atoms with E-state index in [1.807, 2.05) is 0 Å². The Morgan fingerprint density at radius 3 is 1.84 bits per heavy atom. The van der Waals surface area contributed by atoms with Crippen LogP contribution in [-0.4, -0.2) is 53.1 Å². The second-order valence-corrected chi connectivity index (χ2v) is 10.9. The fourth-order valence-electron chi connectivity index (χ4n) is 7.06. The molecule has 176 valence electrons. The SMILES string of the molecule is O=C1N(C2CCCC2)CN(c2ccccc2)C12CCN(C1CCCCCCCCC1)CC2. The Balaban J connectivity index is 1.32. The zero-order valence-electron chi connectivity index (χ0n) is 20.0. The van der Waals surface area contributed by atoms with Gasteiger partial charge in [0.25, 0.3) is 0 Å². The molecule has 4 fully saturated rings. The second kappa shape index (κ2) is 10.2. The molecule has 4 heteroatoms. The molecule has 2 heterocycles. The molecule has 1 amide bonds. The zero-order chi connectivity index (χ0) is 21.8. The molecular formula is C28H43N3O. The highest BCUT2D eigenvalue weighted by atomic mass is 16.2. The Bertz CT molecular complexity index is 726. The molecule has 2 saturated carbocycles. The van der Waals surface area contributed by atoms with Gasteiger partial charge in [-0.05, 0) is 50.7 Å². The van der Waals surface area contributed by atoms with E-state index in [9.17, 15) is 4.79 Å². The van der Waals surface area contributed by atoms with Crippen molar-refractivity contribution in [1.29, 1.82) is 0 Å². The third kappa shape index (κ3) is 4.44. The first-order chi connectivity index (χ1) is 15.8. The number of rotatable bonds is 3. The van der Waals surface area contributed by atoms with Crippen LogP contribution in [0.3, 0.4) is 0 Å². The van der Waals surface area contributed by atoms with Crippen molar-refractivity contribution in [1.82, 2.24) is 9.80 Å². The first-order valence-corrected chi connectivity index (χ1v) is 13.7. The summed E-state index contributed by atoms with van der Waals surface area (Å²) in [6, 6.07) is 12.0. The average molecular weight is 438 g/mol. The Labute approximate surface area is 195 Å². The van der Waals surface area contributed by atoms with E-state index in [2.05, 4.69) is 45.0 Å². The summed E-state index contributed by atoms with van der Waals surface area (Å²) < 4.78 is 0. The van der Waals surface area contributed by atoms with E-state index in [4.69, 9.17) is 0 Å². The fraction of sp³-hybridized carbons (Fsp3) is 0.750. The van der Waals surface area contributed by atoms with E-state index < -0.39 is 0 Å². The molecule has 2 aliphatic carbocycles. The molecule has 0 bridgehead atoms. The lowest BCUT2D eigenvalue weighted by molar-refractivity contribution is -0.135. The van der Waals surface area contributed by atoms with Gasteiger partial charge in [0.15, 0.2) is 0 Å². The number of nitrogens with zero attached hydrogens (tertiary/aromatic N) is 3. The number of carbonyl (C=O) groups excluding carboxylic acids is 1. The van der Waals surface area contributed by atoms with Gasteiger partial charge in [-0.2, -0.15) is 0 Å². The molecular weight excluding hydrogens is 394 g/mol. The summed E-state index contributed by atoms with van der Waals surface area (Å²) in [7, 11) is 0. The van der Waals surface area contributed by atoms with Crippen LogP contribution in [0.25, 0.3) is 0 Å². The number of carbonyl (C=O) groups is 1. The van der Waals surface area contributed by atoms with E-state index in [0.29, 0.717) is 11.9 Å². The van der Waals surface area contributed by atoms with Crippen molar-refractivity contribution in [2.24, 2.45) is 0 Å². The number of hydrogen-bond acceptors (Lipinski definition) is 3. The van der Waals surface area contributed by atoms with Gasteiger partial charge in [-0.25, -0.2) is 0 Å². The molecule has 0 N–H and O–H groups in total. The van der Waals surface area contributed by atoms with Crippen LogP contribution in [0.4, 0.5) is 5.69 Å². The molecule has 1 spiro atoms. The topological polar surface area (TPSA) is 26.8 Å². The minimum atomic E-state index is -0.323. The van der Waals surface area contributed by atoms with Crippen molar-refractivity contribution < 1.29 is 4.79 Å². The third-order valence-corrected chi connectivity index (χ3v) is 9.02. The first-order valence-electron chi connectivity index (χ1n) is 13.7. The predicted octanol–water partition coefficient (Wildman–Crippen LogP) is 5.96. The number of anilines is 1. The van der Waals surface area contributed by atoms with E-state index in [1.165, 1.54) is 89.2 Å². The zero-order valence-corrected chi connectivity index (χ0v) is 20.0. The maximum atomic E-state index is 14.0. The number of benzene rings is 1. The van der Waals surface area contributed by atoms with Gasteiger partial charge in [0.2, 0.25) is 5.91 Å². The van der Waals surface area contributed by atoms with Crippen LogP contribution < -0.4 is 4.90 Å². The summed E-state index contributed by atoms with van der Waals surface area (Å²) in [5.41, 5.74) is 0.907. The Morgan fingerprint density at radius 2 is 1.22 bits per heavy atom. The molecule has 0 unspecified atom stereocenters. The van der Waals surface area contributed by atoms with E-state index in [0.717, 1.165) is 38.6 Å². The lowest BCUT2D eigenvalue weighted by Crippen LogP contribution is -2.58. The van der Waals surface area contributed by atoms with Crippen LogP contribution in [0, 0.1) is 0 Å². The van der Waals surface area contributed by atoms with Crippen LogP contribution in [0.15, 0.2) is 30.3 Å². The minimum Gasteiger partial charge on any atom is -0.339 e. The van der Waals surface area contributed by atoms with Crippen LogP contribution >= 0.6 is 0 Å². The predicted molar refractivity (Wildman–Crippen MR) is 132 cm³/mol. The summed E-state index contributed by atoms with van der Waals surface area (Å²) in [4.78, 5) is 21.5. The van der Waals surface area contributed by atoms with Crippen LogP contribution in [0.2, 0.25) is 0 Å². The average Bonchev–Trinajstić information content (AvgIpc) is 3.46. The molecule has 1 aromatic carbocycles. The van der Waals surface area contributed by atoms with Gasteiger partial charge in [0.1, 0.15) is 5.54 Å². The van der Waals surface area contributed by atoms with Crippen LogP contribution in [0.5, 0.6) is 0 Å². The molecule has 0 radical (unpaired) electrons. The van der Waals surface area contributed by atoms with Crippen LogP contribution in [0.1, 0.15) is 96.3 Å². The van der Waals surface area contributed by atoms with Crippen molar-refractivity contribution in [3.8, 4) is 0 Å². The molecule has 5 rings (SSSR count). The minimum absolute atomic E-state index is 0.323. The number of likely N-dealkylation sites (tertiary alicyclic amines) is 1. The number of amides is 1. The Morgan fingerprint density at radius 1 is 0.688 bits per heavy atom. The lowest BCUT2D eigenvalue weighted by atomic mass is 9.83. The highest BCUT2D eigenvalue weighted by molar-refractivity contribution is 5.94. The van der Waals surface area contributed by atoms with Crippen molar-refractivity contribution in [3.63, 3.8) is 0 Å². The molecule has 1 aromatic rings. The van der Waals surface area contributed by atoms with Crippen molar-refractivity contribution in [2.75, 3.05) is 24.7 Å².